The molecule has 0 radical (unpaired) electrons. The van der Waals surface area contributed by atoms with Gasteiger partial charge in [0, 0.05) is 18.0 Å². The van der Waals surface area contributed by atoms with Crippen LogP contribution in [0.4, 0.5) is 0 Å². The van der Waals surface area contributed by atoms with Gasteiger partial charge in [-0.1, -0.05) is 6.92 Å². The number of nitrogens with one attached hydrogen (secondary N) is 1. The molecule has 2 aliphatic heterocycles. The molecule has 0 aliphatic carbocycles. The highest BCUT2D eigenvalue weighted by Gasteiger charge is 2.44. The van der Waals surface area contributed by atoms with E-state index in [4.69, 9.17) is 4.74 Å². The maximum absolute atomic E-state index is 12.9. The summed E-state index contributed by atoms with van der Waals surface area (Å²) < 4.78 is 33.8. The van der Waals surface area contributed by atoms with Crippen molar-refractivity contribution in [3.8, 4) is 0 Å². The molecule has 0 aromatic carbocycles. The van der Waals surface area contributed by atoms with Crippen molar-refractivity contribution in [2.75, 3.05) is 19.7 Å². The van der Waals surface area contributed by atoms with Crippen molar-refractivity contribution in [2.24, 2.45) is 0 Å². The third-order valence-corrected chi connectivity index (χ3v) is 8.63. The van der Waals surface area contributed by atoms with Crippen LogP contribution < -0.4 is 0 Å². The Labute approximate surface area is 145 Å². The third kappa shape index (κ3) is 2.52. The van der Waals surface area contributed by atoms with Gasteiger partial charge in [-0.3, -0.25) is 5.10 Å². The number of hydrogen-bond acceptors (Lipinski definition) is 5. The first kappa shape index (κ1) is 16.3. The van der Waals surface area contributed by atoms with Gasteiger partial charge in [0.25, 0.3) is 10.0 Å². The number of hydrogen-bond donors (Lipinski definition) is 1. The van der Waals surface area contributed by atoms with Crippen molar-refractivity contribution in [3.63, 3.8) is 0 Å². The first-order valence-electron chi connectivity index (χ1n) is 8.31. The van der Waals surface area contributed by atoms with Gasteiger partial charge in [-0.25, -0.2) is 8.42 Å². The minimum atomic E-state index is -3.40. The van der Waals surface area contributed by atoms with E-state index in [0.29, 0.717) is 36.7 Å². The van der Waals surface area contributed by atoms with Crippen LogP contribution in [0.1, 0.15) is 35.9 Å². The molecule has 1 spiro atoms. The second kappa shape index (κ2) is 5.94. The van der Waals surface area contributed by atoms with Crippen LogP contribution in [0.2, 0.25) is 0 Å². The number of fused-ring (bicyclic) bond motifs is 2. The van der Waals surface area contributed by atoms with E-state index in [9.17, 15) is 8.42 Å². The zero-order valence-corrected chi connectivity index (χ0v) is 15.3. The number of ether oxygens (including phenoxy) is 1. The molecule has 2 aromatic heterocycles. The van der Waals surface area contributed by atoms with Gasteiger partial charge in [0.05, 0.1) is 18.5 Å². The van der Waals surface area contributed by atoms with Gasteiger partial charge in [-0.15, -0.1) is 11.3 Å². The van der Waals surface area contributed by atoms with Gasteiger partial charge in [-0.2, -0.15) is 9.40 Å². The van der Waals surface area contributed by atoms with Crippen LogP contribution in [0.5, 0.6) is 0 Å². The van der Waals surface area contributed by atoms with Crippen molar-refractivity contribution in [2.45, 2.75) is 42.4 Å². The first-order chi connectivity index (χ1) is 11.5. The molecule has 0 atom stereocenters. The number of aryl methyl sites for hydroxylation is 1. The number of piperidine rings is 1. The highest BCUT2D eigenvalue weighted by Crippen LogP contribution is 2.41. The molecule has 6 nitrogen and oxygen atoms in total. The normalized spacial score (nSPS) is 21.0. The van der Waals surface area contributed by atoms with Crippen LogP contribution in [0.25, 0.3) is 0 Å². The summed E-state index contributed by atoms with van der Waals surface area (Å²) in [5.74, 6) is 0. The molecule has 0 saturated carbocycles. The quantitative estimate of drug-likeness (QED) is 0.903. The fourth-order valence-electron chi connectivity index (χ4n) is 3.62. The van der Waals surface area contributed by atoms with E-state index in [0.717, 1.165) is 23.4 Å². The molecule has 8 heteroatoms. The van der Waals surface area contributed by atoms with E-state index in [1.807, 2.05) is 19.2 Å². The first-order valence-corrected chi connectivity index (χ1v) is 10.6. The lowest BCUT2D eigenvalue weighted by molar-refractivity contribution is -0.0919. The lowest BCUT2D eigenvalue weighted by Gasteiger charge is -2.42. The Morgan fingerprint density at radius 2 is 2.17 bits per heavy atom. The molecular formula is C16H21N3O3S2. The molecular weight excluding hydrogens is 346 g/mol. The molecule has 0 unspecified atom stereocenters. The highest BCUT2D eigenvalue weighted by atomic mass is 32.2. The number of thiophene rings is 1. The van der Waals surface area contributed by atoms with E-state index in [1.165, 1.54) is 16.9 Å². The standard InChI is InChI=1S/C16H21N3O3S2/c1-2-13-3-4-14(23-13)24(20,21)19-8-6-16(7-9-19)15-12(5-10-22-16)11-17-18-15/h3-4,11H,2,5-10H2,1H3,(H,17,18). The van der Waals surface area contributed by atoms with Gasteiger partial charge in [0.2, 0.25) is 0 Å². The average Bonchev–Trinajstić information content (AvgIpc) is 3.25. The fourth-order valence-corrected chi connectivity index (χ4v) is 6.51. The Balaban J connectivity index is 1.55. The van der Waals surface area contributed by atoms with Crippen LogP contribution in [-0.4, -0.2) is 42.6 Å². The largest absolute Gasteiger partial charge is 0.368 e. The second-order valence-corrected chi connectivity index (χ2v) is 9.67. The lowest BCUT2D eigenvalue weighted by atomic mass is 9.84. The predicted molar refractivity (Wildman–Crippen MR) is 91.6 cm³/mol. The molecule has 1 fully saturated rings. The topological polar surface area (TPSA) is 75.3 Å². The average molecular weight is 367 g/mol. The van der Waals surface area contributed by atoms with Gasteiger partial charge in [-0.05, 0) is 43.4 Å². The second-order valence-electron chi connectivity index (χ2n) is 6.34. The number of nitrogens with zero attached hydrogens (tertiary/aromatic N) is 2. The molecule has 130 valence electrons. The minimum Gasteiger partial charge on any atom is -0.368 e. The van der Waals surface area contributed by atoms with Gasteiger partial charge in [0.1, 0.15) is 9.81 Å². The zero-order chi connectivity index (χ0) is 16.8. The Morgan fingerprint density at radius 3 is 2.88 bits per heavy atom. The highest BCUT2D eigenvalue weighted by molar-refractivity contribution is 7.91. The molecule has 1 N–H and O–H groups in total. The van der Waals surface area contributed by atoms with E-state index < -0.39 is 15.6 Å². The SMILES string of the molecule is CCc1ccc(S(=O)(=O)N2CCC3(CC2)OCCc2cn[nH]c23)s1. The van der Waals surface area contributed by atoms with Gasteiger partial charge in [0.15, 0.2) is 0 Å². The molecule has 24 heavy (non-hydrogen) atoms. The summed E-state index contributed by atoms with van der Waals surface area (Å²) in [6.07, 6.45) is 4.91. The van der Waals surface area contributed by atoms with Crippen LogP contribution in [-0.2, 0) is 33.2 Å². The summed E-state index contributed by atoms with van der Waals surface area (Å²) in [7, 11) is -3.40. The lowest BCUT2D eigenvalue weighted by Crippen LogP contribution is -2.48. The predicted octanol–water partition coefficient (Wildman–Crippen LogP) is 2.29. The van der Waals surface area contributed by atoms with E-state index in [1.54, 1.807) is 10.4 Å². The summed E-state index contributed by atoms with van der Waals surface area (Å²) in [4.78, 5) is 1.10. The van der Waals surface area contributed by atoms with Crippen LogP contribution >= 0.6 is 11.3 Å². The summed E-state index contributed by atoms with van der Waals surface area (Å²) in [5, 5.41) is 7.22. The Bertz CT molecular complexity index is 832. The monoisotopic (exact) mass is 367 g/mol. The smallest absolute Gasteiger partial charge is 0.252 e. The van der Waals surface area contributed by atoms with Crippen molar-refractivity contribution < 1.29 is 13.2 Å². The Kier molecular flexibility index (Phi) is 4.03. The number of aromatic nitrogens is 2. The van der Waals surface area contributed by atoms with Crippen molar-refractivity contribution in [3.05, 3.63) is 34.5 Å². The van der Waals surface area contributed by atoms with Crippen LogP contribution in [0, 0.1) is 0 Å². The Morgan fingerprint density at radius 1 is 1.38 bits per heavy atom. The van der Waals surface area contributed by atoms with Gasteiger partial charge >= 0.3 is 0 Å². The molecule has 4 heterocycles. The van der Waals surface area contributed by atoms with Crippen molar-refractivity contribution in [1.82, 2.24) is 14.5 Å². The van der Waals surface area contributed by atoms with Crippen molar-refractivity contribution in [1.29, 1.82) is 0 Å². The van der Waals surface area contributed by atoms with Crippen LogP contribution in [0.3, 0.4) is 0 Å². The summed E-state index contributed by atoms with van der Waals surface area (Å²) in [6.45, 7) is 3.65. The number of aromatic amines is 1. The van der Waals surface area contributed by atoms with E-state index in [2.05, 4.69) is 10.2 Å². The fraction of sp³-hybridized carbons (Fsp3) is 0.562. The number of sulfonamides is 1. The minimum absolute atomic E-state index is 0.403. The molecule has 4 rings (SSSR count). The molecule has 2 aromatic rings. The number of H-pyrrole nitrogens is 1. The zero-order valence-electron chi connectivity index (χ0n) is 13.6. The molecule has 0 amide bonds. The third-order valence-electron chi connectivity index (χ3n) is 5.03. The summed E-state index contributed by atoms with van der Waals surface area (Å²) in [5.41, 5.74) is 1.83. The molecule has 0 bridgehead atoms. The van der Waals surface area contributed by atoms with Crippen molar-refractivity contribution >= 4 is 21.4 Å². The van der Waals surface area contributed by atoms with Gasteiger partial charge < -0.3 is 4.74 Å². The van der Waals surface area contributed by atoms with E-state index in [-0.39, 0.29) is 0 Å². The van der Waals surface area contributed by atoms with E-state index >= 15 is 0 Å². The molecule has 1 saturated heterocycles. The number of rotatable bonds is 3. The van der Waals surface area contributed by atoms with Crippen LogP contribution in [0.15, 0.2) is 22.5 Å². The Hall–Kier alpha value is -1.22. The maximum Gasteiger partial charge on any atom is 0.252 e. The summed E-state index contributed by atoms with van der Waals surface area (Å²) >= 11 is 1.37. The molecule has 2 aliphatic rings. The maximum atomic E-state index is 12.9. The summed E-state index contributed by atoms with van der Waals surface area (Å²) in [6, 6.07) is 3.64.